The molecule has 0 radical (unpaired) electrons. The van der Waals surface area contributed by atoms with Crippen LogP contribution < -0.4 is 15.4 Å². The molecule has 234 valence electrons. The molecule has 12 heteroatoms. The zero-order chi connectivity index (χ0) is 32.7. The minimum absolute atomic E-state index is 0.0576. The van der Waals surface area contributed by atoms with Crippen molar-refractivity contribution in [2.24, 2.45) is 29.4 Å². The number of fused-ring (bicyclic) bond motifs is 4. The van der Waals surface area contributed by atoms with Gasteiger partial charge in [-0.1, -0.05) is 59.6 Å². The summed E-state index contributed by atoms with van der Waals surface area (Å²) in [5.41, 5.74) is 6.08. The zero-order valence-electron chi connectivity index (χ0n) is 24.4. The van der Waals surface area contributed by atoms with Crippen LogP contribution in [0, 0.1) is 23.7 Å². The molecule has 3 aromatic carbocycles. The van der Waals surface area contributed by atoms with Crippen LogP contribution in [0.3, 0.4) is 0 Å². The predicted octanol–water partition coefficient (Wildman–Crippen LogP) is 5.06. The Labute approximate surface area is 276 Å². The maximum atomic E-state index is 15.2. The first-order valence-electron chi connectivity index (χ1n) is 14.6. The summed E-state index contributed by atoms with van der Waals surface area (Å²) in [6.07, 6.45) is 2.05. The van der Waals surface area contributed by atoms with E-state index in [2.05, 4.69) is 15.9 Å². The number of nitrogens with two attached hydrogens (primary N) is 1. The van der Waals surface area contributed by atoms with Crippen molar-refractivity contribution in [3.8, 4) is 11.5 Å². The molecule has 0 unspecified atom stereocenters. The number of carbonyl (C=O) groups excluding carboxylic acids is 5. The summed E-state index contributed by atoms with van der Waals surface area (Å²) in [7, 11) is 1.40. The summed E-state index contributed by atoms with van der Waals surface area (Å²) in [5.74, 6) is -6.66. The van der Waals surface area contributed by atoms with Gasteiger partial charge in [0.2, 0.25) is 23.6 Å². The molecular formula is C34H27BrClN3O7. The second-order valence-electron chi connectivity index (χ2n) is 12.0. The van der Waals surface area contributed by atoms with Crippen LogP contribution in [0.15, 0.2) is 82.9 Å². The first kappa shape index (κ1) is 30.2. The molecule has 3 aromatic rings. The Morgan fingerprint density at radius 3 is 2.41 bits per heavy atom. The fourth-order valence-electron chi connectivity index (χ4n) is 8.25. The van der Waals surface area contributed by atoms with Crippen molar-refractivity contribution in [1.29, 1.82) is 0 Å². The molecule has 6 amide bonds. The largest absolute Gasteiger partial charge is 0.503 e. The fourth-order valence-corrected chi connectivity index (χ4v) is 8.90. The number of anilines is 1. The number of phenols is 1. The van der Waals surface area contributed by atoms with Crippen molar-refractivity contribution >= 4 is 62.9 Å². The second kappa shape index (κ2) is 10.8. The van der Waals surface area contributed by atoms with Gasteiger partial charge in [0.25, 0.3) is 0 Å². The van der Waals surface area contributed by atoms with E-state index in [-0.39, 0.29) is 24.3 Å². The number of benzene rings is 3. The number of ether oxygens (including phenoxy) is 1. The van der Waals surface area contributed by atoms with E-state index in [1.807, 2.05) is 24.3 Å². The number of imide groups is 4. The molecule has 46 heavy (non-hydrogen) atoms. The molecule has 10 nitrogen and oxygen atoms in total. The number of urea groups is 1. The highest BCUT2D eigenvalue weighted by atomic mass is 79.9. The Morgan fingerprint density at radius 1 is 1.00 bits per heavy atom. The first-order chi connectivity index (χ1) is 22.0. The number of hydrogen-bond donors (Lipinski definition) is 2. The lowest BCUT2D eigenvalue weighted by Crippen LogP contribution is -2.53. The Kier molecular flexibility index (Phi) is 7.09. The first-order valence-corrected chi connectivity index (χ1v) is 15.8. The van der Waals surface area contributed by atoms with E-state index in [0.29, 0.717) is 36.8 Å². The number of nitrogens with zero attached hydrogens (tertiary/aromatic N) is 2. The van der Waals surface area contributed by atoms with Gasteiger partial charge in [0.05, 0.1) is 40.4 Å². The second-order valence-corrected chi connectivity index (χ2v) is 13.3. The molecule has 2 aliphatic heterocycles. The summed E-state index contributed by atoms with van der Waals surface area (Å²) in [6.45, 7) is 0. The van der Waals surface area contributed by atoms with Crippen LogP contribution in [-0.4, -0.2) is 46.8 Å². The third kappa shape index (κ3) is 4.04. The van der Waals surface area contributed by atoms with E-state index in [0.717, 1.165) is 4.90 Å². The number of aromatic hydroxyl groups is 1. The van der Waals surface area contributed by atoms with Gasteiger partial charge < -0.3 is 15.6 Å². The van der Waals surface area contributed by atoms with Crippen molar-refractivity contribution < 1.29 is 33.8 Å². The van der Waals surface area contributed by atoms with Crippen LogP contribution in [-0.2, 0) is 24.6 Å². The zero-order valence-corrected chi connectivity index (χ0v) is 26.7. The minimum Gasteiger partial charge on any atom is -0.503 e. The van der Waals surface area contributed by atoms with E-state index in [1.54, 1.807) is 48.5 Å². The van der Waals surface area contributed by atoms with Crippen molar-refractivity contribution in [3.63, 3.8) is 0 Å². The summed E-state index contributed by atoms with van der Waals surface area (Å²) in [6, 6.07) is 17.7. The third-order valence-corrected chi connectivity index (χ3v) is 10.8. The lowest BCUT2D eigenvalue weighted by Gasteiger charge is -2.50. The van der Waals surface area contributed by atoms with Gasteiger partial charge in [-0.15, -0.1) is 0 Å². The number of hydrogen-bond acceptors (Lipinski definition) is 7. The summed E-state index contributed by atoms with van der Waals surface area (Å²) < 4.78 is 5.80. The van der Waals surface area contributed by atoms with Gasteiger partial charge in [0.15, 0.2) is 11.5 Å². The lowest BCUT2D eigenvalue weighted by atomic mass is 9.49. The molecule has 6 atom stereocenters. The molecule has 0 bridgehead atoms. The van der Waals surface area contributed by atoms with Gasteiger partial charge in [-0.05, 0) is 76.1 Å². The lowest BCUT2D eigenvalue weighted by molar-refractivity contribution is -0.136. The highest BCUT2D eigenvalue weighted by Gasteiger charge is 2.70. The van der Waals surface area contributed by atoms with E-state index in [4.69, 9.17) is 22.1 Å². The SMILES string of the molecule is COc1cc([C@H]2C3=CC[C@@H]4C(=O)N(C(N)=O)C(=O)[C@@H]4[C@@H]3C[C@H]3C(=O)N(c4cccc(Cl)c4)C(=O)[C@@]23c2ccccc2)cc(Br)c1O. The van der Waals surface area contributed by atoms with Crippen molar-refractivity contribution in [2.75, 3.05) is 12.0 Å². The Hall–Kier alpha value is -4.48. The average Bonchev–Trinajstić information content (AvgIpc) is 3.43. The van der Waals surface area contributed by atoms with E-state index in [1.165, 1.54) is 7.11 Å². The van der Waals surface area contributed by atoms with Crippen molar-refractivity contribution in [2.45, 2.75) is 24.2 Å². The van der Waals surface area contributed by atoms with Crippen LogP contribution in [0.5, 0.6) is 11.5 Å². The van der Waals surface area contributed by atoms with Gasteiger partial charge in [-0.2, -0.15) is 4.90 Å². The van der Waals surface area contributed by atoms with E-state index >= 15 is 4.79 Å². The number of likely N-dealkylation sites (tertiary alicyclic amines) is 1. The molecule has 4 aliphatic rings. The molecule has 2 aliphatic carbocycles. The normalized spacial score (nSPS) is 28.5. The predicted molar refractivity (Wildman–Crippen MR) is 170 cm³/mol. The number of halogens is 2. The van der Waals surface area contributed by atoms with Gasteiger partial charge in [0.1, 0.15) is 0 Å². The van der Waals surface area contributed by atoms with Crippen molar-refractivity contribution in [1.82, 2.24) is 4.90 Å². The Bertz CT molecular complexity index is 1900. The molecule has 7 rings (SSSR count). The van der Waals surface area contributed by atoms with Crippen LogP contribution in [0.1, 0.15) is 29.9 Å². The van der Waals surface area contributed by atoms with Crippen LogP contribution in [0.25, 0.3) is 0 Å². The van der Waals surface area contributed by atoms with Crippen LogP contribution in [0.2, 0.25) is 5.02 Å². The number of carbonyl (C=O) groups is 5. The number of allylic oxidation sites excluding steroid dienone is 2. The minimum atomic E-state index is -1.51. The molecular weight excluding hydrogens is 678 g/mol. The quantitative estimate of drug-likeness (QED) is 0.285. The number of phenolic OH excluding ortho intramolecular Hbond substituents is 1. The number of amides is 6. The van der Waals surface area contributed by atoms with Crippen LogP contribution >= 0.6 is 27.5 Å². The number of methoxy groups -OCH3 is 1. The van der Waals surface area contributed by atoms with Crippen LogP contribution in [0.4, 0.5) is 10.5 Å². The molecule has 3 N–H and O–H groups in total. The monoisotopic (exact) mass is 703 g/mol. The smallest absolute Gasteiger partial charge is 0.328 e. The number of rotatable bonds is 4. The summed E-state index contributed by atoms with van der Waals surface area (Å²) >= 11 is 9.76. The maximum absolute atomic E-state index is 15.2. The standard InChI is InChI=1S/C34H27BrClN3O7/c1-46-25-13-16(12-24(35)28(25)40)27-20-10-11-21-26(31(43)39(29(21)41)33(37)45)22(20)15-23-30(42)38(19-9-5-8-18(36)14-19)32(44)34(23,27)17-6-3-2-4-7-17/h2-10,12-14,21-23,26-27,40H,11,15H2,1H3,(H2,37,45)/t21-,22+,23-,26-,27-,34+/m0/s1. The molecule has 0 aromatic heterocycles. The van der Waals surface area contributed by atoms with Gasteiger partial charge in [-0.25, -0.2) is 9.69 Å². The summed E-state index contributed by atoms with van der Waals surface area (Å²) in [4.78, 5) is 70.8. The average molecular weight is 705 g/mol. The fraction of sp³-hybridized carbons (Fsp3) is 0.265. The summed E-state index contributed by atoms with van der Waals surface area (Å²) in [5, 5.41) is 11.1. The van der Waals surface area contributed by atoms with E-state index < -0.39 is 64.7 Å². The number of primary amides is 1. The molecule has 2 heterocycles. The molecule has 1 saturated carbocycles. The van der Waals surface area contributed by atoms with Crippen molar-refractivity contribution in [3.05, 3.63) is 99.0 Å². The highest BCUT2D eigenvalue weighted by molar-refractivity contribution is 9.10. The molecule has 0 spiro atoms. The Morgan fingerprint density at radius 2 is 1.74 bits per heavy atom. The van der Waals surface area contributed by atoms with Gasteiger partial charge in [0, 0.05) is 10.9 Å². The van der Waals surface area contributed by atoms with Gasteiger partial charge in [-0.3, -0.25) is 19.2 Å². The third-order valence-electron chi connectivity index (χ3n) is 9.99. The topological polar surface area (TPSA) is 147 Å². The van der Waals surface area contributed by atoms with E-state index in [9.17, 15) is 24.3 Å². The maximum Gasteiger partial charge on any atom is 0.328 e. The molecule has 2 saturated heterocycles. The Balaban J connectivity index is 1.53. The van der Waals surface area contributed by atoms with Gasteiger partial charge >= 0.3 is 6.03 Å². The highest BCUT2D eigenvalue weighted by Crippen LogP contribution is 2.65. The molecule has 3 fully saturated rings.